The highest BCUT2D eigenvalue weighted by Gasteiger charge is 2.33. The number of benzene rings is 3. The van der Waals surface area contributed by atoms with E-state index in [9.17, 15) is 23.3 Å². The molecule has 0 bridgehead atoms. The van der Waals surface area contributed by atoms with Crippen molar-refractivity contribution in [3.05, 3.63) is 88.5 Å². The Morgan fingerprint density at radius 2 is 1.46 bits per heavy atom. The molecule has 0 aliphatic carbocycles. The van der Waals surface area contributed by atoms with Crippen LogP contribution in [0.15, 0.2) is 72.8 Å². The van der Waals surface area contributed by atoms with Crippen LogP contribution < -0.4 is 4.74 Å². The zero-order chi connectivity index (χ0) is 18.7. The van der Waals surface area contributed by atoms with Crippen molar-refractivity contribution in [3.63, 3.8) is 0 Å². The summed E-state index contributed by atoms with van der Waals surface area (Å²) in [6.07, 6.45) is -4.67. The maximum atomic E-state index is 12.7. The highest BCUT2D eigenvalue weighted by Crippen LogP contribution is 2.38. The van der Waals surface area contributed by atoms with Gasteiger partial charge in [0.15, 0.2) is 0 Å². The first-order valence-electron chi connectivity index (χ1n) is 7.53. The highest BCUT2D eigenvalue weighted by molar-refractivity contribution is 5.64. The molecule has 0 saturated heterocycles. The highest BCUT2D eigenvalue weighted by atomic mass is 19.4. The van der Waals surface area contributed by atoms with E-state index in [1.165, 1.54) is 0 Å². The number of rotatable bonds is 4. The fourth-order valence-corrected chi connectivity index (χ4v) is 2.40. The lowest BCUT2D eigenvalue weighted by atomic mass is 10.1. The second-order valence-electron chi connectivity index (χ2n) is 5.43. The monoisotopic (exact) mass is 359 g/mol. The lowest BCUT2D eigenvalue weighted by Crippen LogP contribution is -2.06. The summed E-state index contributed by atoms with van der Waals surface area (Å²) in [5.41, 5.74) is 0.0577. The summed E-state index contributed by atoms with van der Waals surface area (Å²) in [6, 6.07) is 18.4. The van der Waals surface area contributed by atoms with Gasteiger partial charge in [0.25, 0.3) is 0 Å². The minimum absolute atomic E-state index is 0.254. The second kappa shape index (κ2) is 6.87. The number of hydrogen-bond acceptors (Lipinski definition) is 3. The predicted octanol–water partition coefficient (Wildman–Crippen LogP) is 6.07. The Labute approximate surface area is 146 Å². The molecule has 0 heterocycles. The van der Waals surface area contributed by atoms with Gasteiger partial charge in [-0.3, -0.25) is 10.1 Å². The molecule has 0 radical (unpaired) electrons. The number of nitro groups is 1. The molecule has 0 aliphatic rings. The van der Waals surface area contributed by atoms with Crippen LogP contribution in [0, 0.1) is 10.1 Å². The molecule has 0 saturated carbocycles. The summed E-state index contributed by atoms with van der Waals surface area (Å²) >= 11 is 0. The van der Waals surface area contributed by atoms with Gasteiger partial charge < -0.3 is 4.74 Å². The molecule has 3 aromatic carbocycles. The maximum Gasteiger partial charge on any atom is 0.416 e. The Kier molecular flexibility index (Phi) is 4.62. The predicted molar refractivity (Wildman–Crippen MR) is 90.1 cm³/mol. The molecule has 132 valence electrons. The molecule has 3 rings (SSSR count). The third kappa shape index (κ3) is 3.83. The van der Waals surface area contributed by atoms with Gasteiger partial charge in [-0.1, -0.05) is 42.5 Å². The lowest BCUT2D eigenvalue weighted by molar-refractivity contribution is -0.385. The summed E-state index contributed by atoms with van der Waals surface area (Å²) in [5, 5.41) is 11.1. The van der Waals surface area contributed by atoms with E-state index in [2.05, 4.69) is 0 Å². The zero-order valence-corrected chi connectivity index (χ0v) is 13.2. The van der Waals surface area contributed by atoms with Crippen LogP contribution in [-0.2, 0) is 6.18 Å². The third-order valence-corrected chi connectivity index (χ3v) is 3.67. The van der Waals surface area contributed by atoms with Crippen LogP contribution in [0.4, 0.5) is 18.9 Å². The van der Waals surface area contributed by atoms with Gasteiger partial charge in [-0.15, -0.1) is 0 Å². The van der Waals surface area contributed by atoms with Crippen LogP contribution >= 0.6 is 0 Å². The number of hydrogen-bond donors (Lipinski definition) is 0. The molecule has 0 unspecified atom stereocenters. The molecule has 7 heteroatoms. The van der Waals surface area contributed by atoms with E-state index >= 15 is 0 Å². The van der Waals surface area contributed by atoms with Gasteiger partial charge in [0, 0.05) is 6.07 Å². The lowest BCUT2D eigenvalue weighted by Gasteiger charge is -2.10. The second-order valence-corrected chi connectivity index (χ2v) is 5.43. The fourth-order valence-electron chi connectivity index (χ4n) is 2.40. The summed E-state index contributed by atoms with van der Waals surface area (Å²) < 4.78 is 43.6. The molecule has 0 spiro atoms. The number of ether oxygens (including phenoxy) is 1. The molecular formula is C19H12F3NO3. The standard InChI is InChI=1S/C19H12F3NO3/c20-19(21,22)15-8-11-18(17(12-15)23(24)25)26-16-9-6-14(7-10-16)13-4-2-1-3-5-13/h1-12H. The Morgan fingerprint density at radius 1 is 0.846 bits per heavy atom. The van der Waals surface area contributed by atoms with Crippen molar-refractivity contribution in [1.29, 1.82) is 0 Å². The first-order valence-corrected chi connectivity index (χ1v) is 7.53. The largest absolute Gasteiger partial charge is 0.450 e. The molecule has 0 fully saturated rings. The van der Waals surface area contributed by atoms with Crippen LogP contribution in [0.3, 0.4) is 0 Å². The van der Waals surface area contributed by atoms with E-state index in [4.69, 9.17) is 4.74 Å². The van der Waals surface area contributed by atoms with Crippen molar-refractivity contribution in [3.8, 4) is 22.6 Å². The first-order chi connectivity index (χ1) is 12.3. The van der Waals surface area contributed by atoms with Crippen molar-refractivity contribution in [2.45, 2.75) is 6.18 Å². The van der Waals surface area contributed by atoms with Gasteiger partial charge in [-0.05, 0) is 35.4 Å². The summed E-state index contributed by atoms with van der Waals surface area (Å²) in [5.74, 6) is 0.0306. The maximum absolute atomic E-state index is 12.7. The van der Waals surface area contributed by atoms with Gasteiger partial charge >= 0.3 is 11.9 Å². The molecule has 3 aromatic rings. The van der Waals surface area contributed by atoms with Gasteiger partial charge in [-0.25, -0.2) is 0 Å². The number of halogens is 3. The number of nitro benzene ring substituents is 1. The van der Waals surface area contributed by atoms with Crippen molar-refractivity contribution < 1.29 is 22.8 Å². The summed E-state index contributed by atoms with van der Waals surface area (Å²) in [4.78, 5) is 10.2. The molecule has 0 N–H and O–H groups in total. The number of alkyl halides is 3. The van der Waals surface area contributed by atoms with E-state index in [1.54, 1.807) is 24.3 Å². The Morgan fingerprint density at radius 3 is 2.04 bits per heavy atom. The van der Waals surface area contributed by atoms with Crippen molar-refractivity contribution in [2.24, 2.45) is 0 Å². The SMILES string of the molecule is O=[N+]([O-])c1cc(C(F)(F)F)ccc1Oc1ccc(-c2ccccc2)cc1. The quantitative estimate of drug-likeness (QED) is 0.419. The van der Waals surface area contributed by atoms with E-state index in [-0.39, 0.29) is 11.5 Å². The van der Waals surface area contributed by atoms with E-state index in [0.717, 1.165) is 23.3 Å². The molecular weight excluding hydrogens is 347 g/mol. The molecule has 0 aliphatic heterocycles. The summed E-state index contributed by atoms with van der Waals surface area (Å²) in [7, 11) is 0. The summed E-state index contributed by atoms with van der Waals surface area (Å²) in [6.45, 7) is 0. The zero-order valence-electron chi connectivity index (χ0n) is 13.2. The molecule has 0 atom stereocenters. The molecule has 0 amide bonds. The Hall–Kier alpha value is -3.35. The average Bonchev–Trinajstić information content (AvgIpc) is 2.62. The van der Waals surface area contributed by atoms with E-state index in [1.807, 2.05) is 30.3 Å². The van der Waals surface area contributed by atoms with Crippen molar-refractivity contribution >= 4 is 5.69 Å². The van der Waals surface area contributed by atoms with Gasteiger partial charge in [-0.2, -0.15) is 13.2 Å². The van der Waals surface area contributed by atoms with Gasteiger partial charge in [0.05, 0.1) is 10.5 Å². The van der Waals surface area contributed by atoms with Gasteiger partial charge in [0.2, 0.25) is 5.75 Å². The van der Waals surface area contributed by atoms with Crippen LogP contribution in [0.5, 0.6) is 11.5 Å². The molecule has 0 aromatic heterocycles. The van der Waals surface area contributed by atoms with E-state index < -0.39 is 22.4 Å². The normalized spacial score (nSPS) is 11.2. The number of nitrogens with zero attached hydrogens (tertiary/aromatic N) is 1. The van der Waals surface area contributed by atoms with Gasteiger partial charge in [0.1, 0.15) is 5.75 Å². The molecule has 26 heavy (non-hydrogen) atoms. The third-order valence-electron chi connectivity index (χ3n) is 3.67. The van der Waals surface area contributed by atoms with E-state index in [0.29, 0.717) is 6.07 Å². The molecule has 4 nitrogen and oxygen atoms in total. The van der Waals surface area contributed by atoms with Crippen molar-refractivity contribution in [2.75, 3.05) is 0 Å². The Bertz CT molecular complexity index is 923. The minimum atomic E-state index is -4.67. The Balaban J connectivity index is 1.88. The smallest absolute Gasteiger partial charge is 0.416 e. The fraction of sp³-hybridized carbons (Fsp3) is 0.0526. The van der Waals surface area contributed by atoms with Crippen LogP contribution in [-0.4, -0.2) is 4.92 Å². The first kappa shape index (κ1) is 17.5. The average molecular weight is 359 g/mol. The van der Waals surface area contributed by atoms with Crippen LogP contribution in [0.1, 0.15) is 5.56 Å². The minimum Gasteiger partial charge on any atom is -0.450 e. The topological polar surface area (TPSA) is 52.4 Å². The van der Waals surface area contributed by atoms with Crippen LogP contribution in [0.25, 0.3) is 11.1 Å². The van der Waals surface area contributed by atoms with Crippen LogP contribution in [0.2, 0.25) is 0 Å². The van der Waals surface area contributed by atoms with Crippen molar-refractivity contribution in [1.82, 2.24) is 0 Å².